The number of nitrogens with one attached hydrogen (secondary N) is 1. The van der Waals surface area contributed by atoms with Crippen LogP contribution in [-0.2, 0) is 11.2 Å². The summed E-state index contributed by atoms with van der Waals surface area (Å²) in [6, 6.07) is 4.00. The molecule has 1 amide bonds. The molecule has 0 spiro atoms. The van der Waals surface area contributed by atoms with Crippen molar-refractivity contribution >= 4 is 17.4 Å². The molecular weight excluding hydrogens is 266 g/mol. The minimum atomic E-state index is 0.0637. The van der Waals surface area contributed by atoms with Crippen LogP contribution in [0.15, 0.2) is 18.3 Å². The number of amides is 1. The lowest BCUT2D eigenvalue weighted by atomic mass is 10.1. The number of nitrogens with zero attached hydrogens (tertiary/aromatic N) is 4. The van der Waals surface area contributed by atoms with Crippen molar-refractivity contribution < 1.29 is 4.79 Å². The maximum atomic E-state index is 12.0. The summed E-state index contributed by atoms with van der Waals surface area (Å²) < 4.78 is 1.86. The van der Waals surface area contributed by atoms with Crippen LogP contribution < -0.4 is 10.2 Å². The summed E-state index contributed by atoms with van der Waals surface area (Å²) in [4.78, 5) is 18.8. The van der Waals surface area contributed by atoms with Gasteiger partial charge in [-0.1, -0.05) is 6.92 Å². The van der Waals surface area contributed by atoms with E-state index in [0.29, 0.717) is 6.54 Å². The molecule has 2 aromatic rings. The molecule has 0 saturated carbocycles. The number of carbonyl (C=O) groups excluding carboxylic acids is 1. The number of rotatable bonds is 4. The van der Waals surface area contributed by atoms with Crippen molar-refractivity contribution in [2.24, 2.45) is 5.92 Å². The molecule has 112 valence electrons. The second-order valence-corrected chi connectivity index (χ2v) is 5.39. The minimum Gasteiger partial charge on any atom is -0.356 e. The van der Waals surface area contributed by atoms with E-state index in [0.717, 1.165) is 43.1 Å². The van der Waals surface area contributed by atoms with Gasteiger partial charge < -0.3 is 10.2 Å². The molecule has 1 atom stereocenters. The zero-order valence-corrected chi connectivity index (χ0v) is 12.5. The molecule has 2 aromatic heterocycles. The van der Waals surface area contributed by atoms with Gasteiger partial charge in [-0.2, -0.15) is 9.61 Å². The molecule has 0 radical (unpaired) electrons. The minimum absolute atomic E-state index is 0.0637. The summed E-state index contributed by atoms with van der Waals surface area (Å²) in [5, 5.41) is 7.27. The van der Waals surface area contributed by atoms with E-state index in [9.17, 15) is 4.79 Å². The summed E-state index contributed by atoms with van der Waals surface area (Å²) in [6.07, 6.45) is 3.54. The standard InChI is InChI=1S/C15H21N5O/c1-3-12-9-14(20-13(18-12)5-7-17-20)19-8-6-11(10-19)15(21)16-4-2/h5,7,9,11H,3-4,6,8,10H2,1-2H3,(H,16,21)/t11-/m1/s1. The van der Waals surface area contributed by atoms with Gasteiger partial charge in [-0.3, -0.25) is 4.79 Å². The SMILES string of the molecule is CCNC(=O)[C@@H]1CCN(c2cc(CC)nc3ccnn23)C1. The van der Waals surface area contributed by atoms with Crippen LogP contribution in [0.2, 0.25) is 0 Å². The maximum absolute atomic E-state index is 12.0. The Balaban J connectivity index is 1.87. The topological polar surface area (TPSA) is 62.5 Å². The molecule has 0 aliphatic carbocycles. The molecule has 6 heteroatoms. The number of aromatic nitrogens is 3. The second-order valence-electron chi connectivity index (χ2n) is 5.39. The van der Waals surface area contributed by atoms with Gasteiger partial charge in [-0.25, -0.2) is 4.98 Å². The van der Waals surface area contributed by atoms with Gasteiger partial charge in [0.2, 0.25) is 5.91 Å². The zero-order chi connectivity index (χ0) is 14.8. The zero-order valence-electron chi connectivity index (χ0n) is 12.5. The summed E-state index contributed by atoms with van der Waals surface area (Å²) in [6.45, 7) is 6.36. The molecule has 1 aliphatic heterocycles. The number of carbonyl (C=O) groups is 1. The fourth-order valence-electron chi connectivity index (χ4n) is 2.85. The molecule has 1 saturated heterocycles. The van der Waals surface area contributed by atoms with Gasteiger partial charge in [0.15, 0.2) is 5.65 Å². The Morgan fingerprint density at radius 1 is 1.48 bits per heavy atom. The Bertz CT molecular complexity index is 651. The highest BCUT2D eigenvalue weighted by Crippen LogP contribution is 2.25. The molecule has 6 nitrogen and oxygen atoms in total. The van der Waals surface area contributed by atoms with Crippen LogP contribution in [-0.4, -0.2) is 40.1 Å². The van der Waals surface area contributed by atoms with Crippen molar-refractivity contribution in [3.63, 3.8) is 0 Å². The fraction of sp³-hybridized carbons (Fsp3) is 0.533. The van der Waals surface area contributed by atoms with E-state index in [-0.39, 0.29) is 11.8 Å². The van der Waals surface area contributed by atoms with Crippen LogP contribution in [0.3, 0.4) is 0 Å². The van der Waals surface area contributed by atoms with Gasteiger partial charge in [0, 0.05) is 37.5 Å². The van der Waals surface area contributed by atoms with Gasteiger partial charge >= 0.3 is 0 Å². The molecule has 21 heavy (non-hydrogen) atoms. The predicted octanol–water partition coefficient (Wildman–Crippen LogP) is 1.25. The van der Waals surface area contributed by atoms with Crippen LogP contribution in [0.1, 0.15) is 26.0 Å². The number of aryl methyl sites for hydroxylation is 1. The summed E-state index contributed by atoms with van der Waals surface area (Å²) in [7, 11) is 0. The molecule has 0 bridgehead atoms. The van der Waals surface area contributed by atoms with Crippen LogP contribution in [0.25, 0.3) is 5.65 Å². The molecule has 3 rings (SSSR count). The predicted molar refractivity (Wildman–Crippen MR) is 81.4 cm³/mol. The molecule has 1 aliphatic rings. The Kier molecular flexibility index (Phi) is 3.77. The lowest BCUT2D eigenvalue weighted by Gasteiger charge is -2.20. The van der Waals surface area contributed by atoms with Gasteiger partial charge in [0.05, 0.1) is 12.1 Å². The lowest BCUT2D eigenvalue weighted by molar-refractivity contribution is -0.124. The number of anilines is 1. The Morgan fingerprint density at radius 2 is 2.33 bits per heavy atom. The number of hydrogen-bond acceptors (Lipinski definition) is 4. The van der Waals surface area contributed by atoms with Crippen molar-refractivity contribution in [2.75, 3.05) is 24.5 Å². The summed E-state index contributed by atoms with van der Waals surface area (Å²) in [5.41, 5.74) is 1.92. The molecule has 1 N–H and O–H groups in total. The normalized spacial score (nSPS) is 18.4. The summed E-state index contributed by atoms with van der Waals surface area (Å²) >= 11 is 0. The quantitative estimate of drug-likeness (QED) is 0.919. The lowest BCUT2D eigenvalue weighted by Crippen LogP contribution is -2.33. The highest BCUT2D eigenvalue weighted by Gasteiger charge is 2.29. The van der Waals surface area contributed by atoms with Gasteiger partial charge in [-0.15, -0.1) is 0 Å². The first-order chi connectivity index (χ1) is 10.2. The average molecular weight is 287 g/mol. The van der Waals surface area contributed by atoms with Gasteiger partial charge in [0.1, 0.15) is 5.82 Å². The van der Waals surface area contributed by atoms with E-state index in [1.807, 2.05) is 17.5 Å². The van der Waals surface area contributed by atoms with E-state index in [4.69, 9.17) is 0 Å². The Labute approximate surface area is 124 Å². The van der Waals surface area contributed by atoms with Crippen molar-refractivity contribution in [1.82, 2.24) is 19.9 Å². The summed E-state index contributed by atoms with van der Waals surface area (Å²) in [5.74, 6) is 1.25. The number of fused-ring (bicyclic) bond motifs is 1. The first kappa shape index (κ1) is 13.9. The first-order valence-electron chi connectivity index (χ1n) is 7.59. The van der Waals surface area contributed by atoms with Crippen LogP contribution in [0.4, 0.5) is 5.82 Å². The maximum Gasteiger partial charge on any atom is 0.224 e. The molecule has 3 heterocycles. The van der Waals surface area contributed by atoms with Crippen molar-refractivity contribution in [2.45, 2.75) is 26.7 Å². The molecular formula is C15H21N5O. The Morgan fingerprint density at radius 3 is 3.10 bits per heavy atom. The third kappa shape index (κ3) is 2.57. The van der Waals surface area contributed by atoms with Crippen LogP contribution in [0, 0.1) is 5.92 Å². The van der Waals surface area contributed by atoms with Crippen molar-refractivity contribution in [3.05, 3.63) is 24.0 Å². The largest absolute Gasteiger partial charge is 0.356 e. The molecule has 1 fully saturated rings. The van der Waals surface area contributed by atoms with Gasteiger partial charge in [-0.05, 0) is 19.8 Å². The van der Waals surface area contributed by atoms with E-state index in [2.05, 4.69) is 33.3 Å². The van der Waals surface area contributed by atoms with Crippen LogP contribution >= 0.6 is 0 Å². The smallest absolute Gasteiger partial charge is 0.224 e. The second kappa shape index (κ2) is 5.71. The monoisotopic (exact) mass is 287 g/mol. The number of hydrogen-bond donors (Lipinski definition) is 1. The molecule has 0 unspecified atom stereocenters. The van der Waals surface area contributed by atoms with E-state index >= 15 is 0 Å². The fourth-order valence-corrected chi connectivity index (χ4v) is 2.85. The molecule has 0 aromatic carbocycles. The third-order valence-electron chi connectivity index (χ3n) is 3.99. The van der Waals surface area contributed by atoms with E-state index < -0.39 is 0 Å². The third-order valence-corrected chi connectivity index (χ3v) is 3.99. The van der Waals surface area contributed by atoms with Crippen molar-refractivity contribution in [1.29, 1.82) is 0 Å². The van der Waals surface area contributed by atoms with E-state index in [1.54, 1.807) is 6.20 Å². The first-order valence-corrected chi connectivity index (χ1v) is 7.59. The van der Waals surface area contributed by atoms with Crippen LogP contribution in [0.5, 0.6) is 0 Å². The highest BCUT2D eigenvalue weighted by molar-refractivity contribution is 5.80. The van der Waals surface area contributed by atoms with Crippen molar-refractivity contribution in [3.8, 4) is 0 Å². The average Bonchev–Trinajstić information content (AvgIpc) is 3.15. The van der Waals surface area contributed by atoms with Gasteiger partial charge in [0.25, 0.3) is 0 Å². The highest BCUT2D eigenvalue weighted by atomic mass is 16.1. The Hall–Kier alpha value is -2.11. The van der Waals surface area contributed by atoms with E-state index in [1.165, 1.54) is 0 Å².